The molecular weight excluding hydrogens is 379 g/mol. The molecule has 1 N–H and O–H groups in total. The van der Waals surface area contributed by atoms with Crippen molar-refractivity contribution < 1.29 is 28.2 Å². The Hall–Kier alpha value is -3.42. The Morgan fingerprint density at radius 2 is 1.66 bits per heavy atom. The fraction of sp³-hybridized carbons (Fsp3) is 0.286. The number of nitrogens with one attached hydrogen (secondary N) is 1. The Morgan fingerprint density at radius 3 is 2.24 bits per heavy atom. The highest BCUT2D eigenvalue weighted by atomic mass is 19.1. The summed E-state index contributed by atoms with van der Waals surface area (Å²) in [6.07, 6.45) is 0.0150. The van der Waals surface area contributed by atoms with E-state index < -0.39 is 30.2 Å². The molecule has 2 amide bonds. The van der Waals surface area contributed by atoms with E-state index in [-0.39, 0.29) is 18.2 Å². The second-order valence-electron chi connectivity index (χ2n) is 6.57. The fourth-order valence-corrected chi connectivity index (χ4v) is 2.30. The van der Waals surface area contributed by atoms with Gasteiger partial charge in [-0.2, -0.15) is 0 Å². The Morgan fingerprint density at radius 1 is 1.03 bits per heavy atom. The molecule has 0 aromatic heterocycles. The lowest BCUT2D eigenvalue weighted by atomic mass is 10.2. The summed E-state index contributed by atoms with van der Waals surface area (Å²) < 4.78 is 23.4. The largest absolute Gasteiger partial charge is 0.491 e. The zero-order valence-corrected chi connectivity index (χ0v) is 16.5. The fourth-order valence-electron chi connectivity index (χ4n) is 2.30. The van der Waals surface area contributed by atoms with Crippen LogP contribution >= 0.6 is 0 Å². The quantitative estimate of drug-likeness (QED) is 0.687. The SMILES string of the molecule is CC(C)Oc1ccc(C(=O)OCC(=O)N(C)CC(=O)Nc2ccc(F)cc2)cc1. The average molecular weight is 402 g/mol. The molecule has 0 bridgehead atoms. The van der Waals surface area contributed by atoms with Gasteiger partial charge in [-0.05, 0) is 62.4 Å². The van der Waals surface area contributed by atoms with Gasteiger partial charge in [-0.25, -0.2) is 9.18 Å². The first-order valence-electron chi connectivity index (χ1n) is 8.98. The number of ether oxygens (including phenoxy) is 2. The summed E-state index contributed by atoms with van der Waals surface area (Å²) in [4.78, 5) is 37.2. The maximum absolute atomic E-state index is 12.9. The zero-order valence-electron chi connectivity index (χ0n) is 16.5. The van der Waals surface area contributed by atoms with Gasteiger partial charge < -0.3 is 19.7 Å². The van der Waals surface area contributed by atoms with E-state index in [1.165, 1.54) is 31.3 Å². The number of nitrogens with zero attached hydrogens (tertiary/aromatic N) is 1. The lowest BCUT2D eigenvalue weighted by molar-refractivity contribution is -0.136. The predicted octanol–water partition coefficient (Wildman–Crippen LogP) is 2.87. The van der Waals surface area contributed by atoms with Gasteiger partial charge in [0.1, 0.15) is 11.6 Å². The summed E-state index contributed by atoms with van der Waals surface area (Å²) in [7, 11) is 1.42. The molecule has 0 atom stereocenters. The van der Waals surface area contributed by atoms with Crippen LogP contribution in [0.4, 0.5) is 10.1 Å². The molecule has 0 aliphatic heterocycles. The lowest BCUT2D eigenvalue weighted by Gasteiger charge is -2.17. The van der Waals surface area contributed by atoms with Gasteiger partial charge in [0.05, 0.1) is 18.2 Å². The van der Waals surface area contributed by atoms with Crippen molar-refractivity contribution in [2.24, 2.45) is 0 Å². The van der Waals surface area contributed by atoms with Gasteiger partial charge in [0.2, 0.25) is 5.91 Å². The van der Waals surface area contributed by atoms with E-state index in [1.807, 2.05) is 13.8 Å². The molecule has 0 saturated carbocycles. The summed E-state index contributed by atoms with van der Waals surface area (Å²) in [5.74, 6) is -1.44. The molecule has 7 nitrogen and oxygen atoms in total. The summed E-state index contributed by atoms with van der Waals surface area (Å²) >= 11 is 0. The van der Waals surface area contributed by atoms with Crippen LogP contribution in [0.15, 0.2) is 48.5 Å². The summed E-state index contributed by atoms with van der Waals surface area (Å²) in [6.45, 7) is 3.05. The molecule has 29 heavy (non-hydrogen) atoms. The summed E-state index contributed by atoms with van der Waals surface area (Å²) in [5.41, 5.74) is 0.694. The summed E-state index contributed by atoms with van der Waals surface area (Å²) in [5, 5.41) is 2.55. The molecule has 154 valence electrons. The molecule has 0 unspecified atom stereocenters. The third-order valence-electron chi connectivity index (χ3n) is 3.72. The molecule has 8 heteroatoms. The van der Waals surface area contributed by atoms with Gasteiger partial charge in [-0.1, -0.05) is 0 Å². The Balaban J connectivity index is 1.79. The second kappa shape index (κ2) is 10.2. The number of hydrogen-bond donors (Lipinski definition) is 1. The zero-order chi connectivity index (χ0) is 21.4. The van der Waals surface area contributed by atoms with Crippen LogP contribution in [0.3, 0.4) is 0 Å². The number of benzene rings is 2. The van der Waals surface area contributed by atoms with Crippen LogP contribution in [-0.2, 0) is 14.3 Å². The van der Waals surface area contributed by atoms with Gasteiger partial charge in [0.15, 0.2) is 6.61 Å². The monoisotopic (exact) mass is 402 g/mol. The van der Waals surface area contributed by atoms with Crippen LogP contribution in [0, 0.1) is 5.82 Å². The van der Waals surface area contributed by atoms with Crippen LogP contribution in [0.2, 0.25) is 0 Å². The number of likely N-dealkylation sites (N-methyl/N-ethyl adjacent to an activating group) is 1. The summed E-state index contributed by atoms with van der Waals surface area (Å²) in [6, 6.07) is 11.6. The number of carbonyl (C=O) groups is 3. The molecule has 0 heterocycles. The van der Waals surface area contributed by atoms with Crippen LogP contribution in [-0.4, -0.2) is 49.0 Å². The van der Waals surface area contributed by atoms with Crippen molar-refractivity contribution in [2.75, 3.05) is 25.5 Å². The minimum absolute atomic E-state index is 0.0150. The van der Waals surface area contributed by atoms with E-state index in [0.717, 1.165) is 4.90 Å². The molecule has 0 saturated heterocycles. The number of rotatable bonds is 8. The smallest absolute Gasteiger partial charge is 0.338 e. The van der Waals surface area contributed by atoms with Gasteiger partial charge in [0.25, 0.3) is 5.91 Å². The van der Waals surface area contributed by atoms with E-state index in [0.29, 0.717) is 11.4 Å². The van der Waals surface area contributed by atoms with Crippen LogP contribution < -0.4 is 10.1 Å². The minimum atomic E-state index is -0.654. The predicted molar refractivity (Wildman–Crippen MR) is 105 cm³/mol. The molecule has 0 aliphatic rings. The Labute approximate surface area is 168 Å². The van der Waals surface area contributed by atoms with E-state index >= 15 is 0 Å². The number of amides is 2. The third kappa shape index (κ3) is 7.25. The Kier molecular flexibility index (Phi) is 7.70. The van der Waals surface area contributed by atoms with Crippen molar-refractivity contribution >= 4 is 23.5 Å². The van der Waals surface area contributed by atoms with Crippen molar-refractivity contribution in [3.05, 3.63) is 59.9 Å². The number of esters is 1. The van der Waals surface area contributed by atoms with Crippen LogP contribution in [0.1, 0.15) is 24.2 Å². The van der Waals surface area contributed by atoms with Crippen molar-refractivity contribution in [3.63, 3.8) is 0 Å². The molecule has 0 fully saturated rings. The maximum atomic E-state index is 12.9. The molecule has 0 spiro atoms. The highest BCUT2D eigenvalue weighted by molar-refractivity contribution is 5.95. The maximum Gasteiger partial charge on any atom is 0.338 e. The minimum Gasteiger partial charge on any atom is -0.491 e. The highest BCUT2D eigenvalue weighted by Gasteiger charge is 2.16. The van der Waals surface area contributed by atoms with Crippen LogP contribution in [0.25, 0.3) is 0 Å². The molecular formula is C21H23FN2O5. The standard InChI is InChI=1S/C21H23FN2O5/c1-14(2)29-18-10-4-15(5-11-18)21(27)28-13-20(26)24(3)12-19(25)23-17-8-6-16(22)7-9-17/h4-11,14H,12-13H2,1-3H3,(H,23,25). The number of halogens is 1. The second-order valence-corrected chi connectivity index (χ2v) is 6.57. The number of hydrogen-bond acceptors (Lipinski definition) is 5. The van der Waals surface area contributed by atoms with E-state index in [4.69, 9.17) is 9.47 Å². The van der Waals surface area contributed by atoms with Gasteiger partial charge in [0, 0.05) is 12.7 Å². The first-order valence-corrected chi connectivity index (χ1v) is 8.98. The number of anilines is 1. The van der Waals surface area contributed by atoms with Crippen molar-refractivity contribution in [1.29, 1.82) is 0 Å². The topological polar surface area (TPSA) is 84.9 Å². The van der Waals surface area contributed by atoms with Crippen molar-refractivity contribution in [1.82, 2.24) is 4.90 Å². The first kappa shape index (κ1) is 21.9. The molecule has 2 aromatic rings. The van der Waals surface area contributed by atoms with Gasteiger partial charge in [-0.15, -0.1) is 0 Å². The lowest BCUT2D eigenvalue weighted by Crippen LogP contribution is -2.37. The normalized spacial score (nSPS) is 10.4. The van der Waals surface area contributed by atoms with Crippen LogP contribution in [0.5, 0.6) is 5.75 Å². The molecule has 0 aliphatic carbocycles. The van der Waals surface area contributed by atoms with E-state index in [2.05, 4.69) is 5.32 Å². The Bertz CT molecular complexity index is 850. The third-order valence-corrected chi connectivity index (χ3v) is 3.72. The number of carbonyl (C=O) groups excluding carboxylic acids is 3. The molecule has 2 rings (SSSR count). The highest BCUT2D eigenvalue weighted by Crippen LogP contribution is 2.14. The van der Waals surface area contributed by atoms with E-state index in [9.17, 15) is 18.8 Å². The first-order chi connectivity index (χ1) is 13.7. The molecule has 0 radical (unpaired) electrons. The van der Waals surface area contributed by atoms with Gasteiger partial charge >= 0.3 is 5.97 Å². The van der Waals surface area contributed by atoms with Crippen molar-refractivity contribution in [2.45, 2.75) is 20.0 Å². The van der Waals surface area contributed by atoms with E-state index in [1.54, 1.807) is 24.3 Å². The average Bonchev–Trinajstić information content (AvgIpc) is 2.67. The molecule has 2 aromatic carbocycles. The van der Waals surface area contributed by atoms with Gasteiger partial charge in [-0.3, -0.25) is 9.59 Å². The van der Waals surface area contributed by atoms with Crippen molar-refractivity contribution in [3.8, 4) is 5.75 Å².